The van der Waals surface area contributed by atoms with Crippen molar-refractivity contribution in [3.8, 4) is 11.5 Å². The van der Waals surface area contributed by atoms with Crippen LogP contribution in [0, 0.1) is 27.7 Å². The van der Waals surface area contributed by atoms with Crippen LogP contribution in [-0.4, -0.2) is 62.5 Å². The van der Waals surface area contributed by atoms with Gasteiger partial charge in [0, 0.05) is 25.0 Å². The van der Waals surface area contributed by atoms with Gasteiger partial charge in [0.25, 0.3) is 0 Å². The minimum absolute atomic E-state index is 0.0280. The van der Waals surface area contributed by atoms with Gasteiger partial charge in [-0.05, 0) is 98.2 Å². The number of rotatable bonds is 36. The molecule has 0 aliphatic rings. The number of ether oxygens (including phenoxy) is 6. The lowest BCUT2D eigenvalue weighted by molar-refractivity contribution is -0.159. The number of hydrogen-bond donors (Lipinski definition) is 0. The molecule has 0 N–H and O–H groups in total. The third kappa shape index (κ3) is 24.3. The first kappa shape index (κ1) is 55.3. The van der Waals surface area contributed by atoms with Crippen LogP contribution in [-0.2, 0) is 38.1 Å². The summed E-state index contributed by atoms with van der Waals surface area (Å²) in [7, 11) is 0. The number of esters is 4. The third-order valence-corrected chi connectivity index (χ3v) is 11.0. The summed E-state index contributed by atoms with van der Waals surface area (Å²) in [6.07, 6.45) is 26.0. The van der Waals surface area contributed by atoms with Crippen molar-refractivity contribution in [1.82, 2.24) is 0 Å². The van der Waals surface area contributed by atoms with E-state index in [0.29, 0.717) is 24.3 Å². The quantitative estimate of drug-likeness (QED) is 0.0215. The largest absolute Gasteiger partial charge is 0.489 e. The molecule has 0 aliphatic heterocycles. The summed E-state index contributed by atoms with van der Waals surface area (Å²) in [5.41, 5.74) is 5.56. The van der Waals surface area contributed by atoms with Gasteiger partial charge >= 0.3 is 23.9 Å². The Labute approximate surface area is 385 Å². The second-order valence-electron chi connectivity index (χ2n) is 17.0. The van der Waals surface area contributed by atoms with Gasteiger partial charge in [-0.15, -0.1) is 0 Å². The van der Waals surface area contributed by atoms with Crippen LogP contribution in [0.2, 0.25) is 0 Å². The van der Waals surface area contributed by atoms with Crippen LogP contribution in [0.1, 0.15) is 176 Å². The second-order valence-corrected chi connectivity index (χ2v) is 17.0. The van der Waals surface area contributed by atoms with Crippen molar-refractivity contribution >= 4 is 36.0 Å². The second kappa shape index (κ2) is 33.6. The molecule has 0 spiro atoms. The van der Waals surface area contributed by atoms with Gasteiger partial charge in [-0.2, -0.15) is 0 Å². The Hall–Kier alpha value is -4.86. The van der Waals surface area contributed by atoms with Gasteiger partial charge < -0.3 is 28.4 Å². The fourth-order valence-electron chi connectivity index (χ4n) is 7.51. The standard InChI is InChI=1S/C54H80O10/c1-9-13-15-17-19-21-23-25-27-29-51(57)63-47(37-59-49(55)11-3)39-61-53-41(5)33-45(34-42(53)6)31-32-46-35-43(7)54(44(8)36-46)62-40-48(38-60-50(56)12-4)64-52(58)30-28-26-24-22-20-18-16-14-10-2/h11-12,31-36,47-48H,3-4,9-10,13-30,37-40H2,1-2,5-8H3. The maximum Gasteiger partial charge on any atom is 0.330 e. The summed E-state index contributed by atoms with van der Waals surface area (Å²) in [6, 6.07) is 8.09. The van der Waals surface area contributed by atoms with Crippen molar-refractivity contribution in [2.24, 2.45) is 0 Å². The Bertz CT molecular complexity index is 1570. The van der Waals surface area contributed by atoms with Gasteiger partial charge in [-0.1, -0.05) is 142 Å². The summed E-state index contributed by atoms with van der Waals surface area (Å²) in [4.78, 5) is 49.2. The number of benzene rings is 2. The maximum absolute atomic E-state index is 12.8. The van der Waals surface area contributed by atoms with Crippen LogP contribution in [0.25, 0.3) is 12.2 Å². The zero-order chi connectivity index (χ0) is 47.0. The van der Waals surface area contributed by atoms with Crippen LogP contribution in [0.5, 0.6) is 11.5 Å². The van der Waals surface area contributed by atoms with Crippen molar-refractivity contribution < 1.29 is 47.6 Å². The van der Waals surface area contributed by atoms with Gasteiger partial charge in [0.05, 0.1) is 0 Å². The Morgan fingerprint density at radius 2 is 0.766 bits per heavy atom. The summed E-state index contributed by atoms with van der Waals surface area (Å²) in [5.74, 6) is -0.502. The molecule has 0 radical (unpaired) electrons. The SMILES string of the molecule is C=CC(=O)OCC(COc1c(C)cc(C=Cc2cc(C)c(OCC(COC(=O)C=C)OC(=O)CCCCCCCCCCC)c(C)c2)cc1C)OC(=O)CCCCCCCCCCC. The highest BCUT2D eigenvalue weighted by molar-refractivity contribution is 5.81. The fourth-order valence-corrected chi connectivity index (χ4v) is 7.51. The van der Waals surface area contributed by atoms with Gasteiger partial charge in [0.15, 0.2) is 12.2 Å². The van der Waals surface area contributed by atoms with Crippen molar-refractivity contribution in [2.45, 2.75) is 182 Å². The summed E-state index contributed by atoms with van der Waals surface area (Å²) >= 11 is 0. The van der Waals surface area contributed by atoms with E-state index in [4.69, 9.17) is 28.4 Å². The summed E-state index contributed by atoms with van der Waals surface area (Å²) < 4.78 is 34.3. The zero-order valence-electron chi connectivity index (χ0n) is 40.2. The fraction of sp³-hybridized carbons (Fsp3) is 0.593. The van der Waals surface area contributed by atoms with E-state index >= 15 is 0 Å². The molecule has 64 heavy (non-hydrogen) atoms. The Kier molecular flexibility index (Phi) is 29.0. The highest BCUT2D eigenvalue weighted by Gasteiger charge is 2.21. The monoisotopic (exact) mass is 889 g/mol. The van der Waals surface area contributed by atoms with E-state index in [-0.39, 0.29) is 38.4 Å². The van der Waals surface area contributed by atoms with E-state index in [1.807, 2.05) is 64.1 Å². The van der Waals surface area contributed by atoms with Crippen LogP contribution in [0.4, 0.5) is 0 Å². The summed E-state index contributed by atoms with van der Waals surface area (Å²) in [5, 5.41) is 0. The average Bonchev–Trinajstić information content (AvgIpc) is 3.27. The topological polar surface area (TPSA) is 124 Å². The molecule has 0 saturated heterocycles. The number of aryl methyl sites for hydroxylation is 4. The molecule has 10 nitrogen and oxygen atoms in total. The van der Waals surface area contributed by atoms with Gasteiger partial charge in [0.1, 0.15) is 37.9 Å². The van der Waals surface area contributed by atoms with Crippen LogP contribution < -0.4 is 9.47 Å². The Balaban J connectivity index is 1.99. The normalized spacial score (nSPS) is 12.0. The molecule has 0 aliphatic carbocycles. The predicted octanol–water partition coefficient (Wildman–Crippen LogP) is 13.0. The van der Waals surface area contributed by atoms with Gasteiger partial charge in [-0.25, -0.2) is 9.59 Å². The molecule has 2 atom stereocenters. The molecule has 10 heteroatoms. The van der Waals surface area contributed by atoms with E-state index in [1.165, 1.54) is 77.0 Å². The molecule has 2 rings (SSSR count). The van der Waals surface area contributed by atoms with E-state index in [9.17, 15) is 19.2 Å². The number of carbonyl (C=O) groups is 4. The lowest BCUT2D eigenvalue weighted by Crippen LogP contribution is -2.31. The number of carbonyl (C=O) groups excluding carboxylic acids is 4. The zero-order valence-corrected chi connectivity index (χ0v) is 40.2. The van der Waals surface area contributed by atoms with Crippen LogP contribution >= 0.6 is 0 Å². The van der Waals surface area contributed by atoms with Crippen LogP contribution in [0.15, 0.2) is 49.6 Å². The minimum atomic E-state index is -0.767. The molecule has 0 amide bonds. The number of unbranched alkanes of at least 4 members (excludes halogenated alkanes) is 16. The molecule has 2 aromatic carbocycles. The molecular formula is C54H80O10. The minimum Gasteiger partial charge on any atom is -0.489 e. The van der Waals surface area contributed by atoms with Gasteiger partial charge in [-0.3, -0.25) is 9.59 Å². The molecular weight excluding hydrogens is 809 g/mol. The third-order valence-electron chi connectivity index (χ3n) is 11.0. The molecule has 356 valence electrons. The number of hydrogen-bond acceptors (Lipinski definition) is 10. The first-order chi connectivity index (χ1) is 30.9. The van der Waals surface area contributed by atoms with Crippen molar-refractivity contribution in [2.75, 3.05) is 26.4 Å². The average molecular weight is 889 g/mol. The Morgan fingerprint density at radius 3 is 1.06 bits per heavy atom. The van der Waals surface area contributed by atoms with E-state index in [1.54, 1.807) is 0 Å². The molecule has 0 heterocycles. The summed E-state index contributed by atoms with van der Waals surface area (Å²) in [6.45, 7) is 19.0. The Morgan fingerprint density at radius 1 is 0.469 bits per heavy atom. The van der Waals surface area contributed by atoms with Crippen molar-refractivity contribution in [3.63, 3.8) is 0 Å². The van der Waals surface area contributed by atoms with Gasteiger partial charge in [0.2, 0.25) is 0 Å². The van der Waals surface area contributed by atoms with Crippen molar-refractivity contribution in [3.05, 3.63) is 83.0 Å². The molecule has 0 bridgehead atoms. The molecule has 0 fully saturated rings. The van der Waals surface area contributed by atoms with Crippen LogP contribution in [0.3, 0.4) is 0 Å². The highest BCUT2D eigenvalue weighted by Crippen LogP contribution is 2.29. The van der Waals surface area contributed by atoms with Crippen molar-refractivity contribution in [1.29, 1.82) is 0 Å². The van der Waals surface area contributed by atoms with E-state index in [2.05, 4.69) is 27.0 Å². The molecule has 2 aromatic rings. The lowest BCUT2D eigenvalue weighted by Gasteiger charge is -2.20. The maximum atomic E-state index is 12.8. The first-order valence-corrected chi connectivity index (χ1v) is 24.0. The molecule has 0 saturated carbocycles. The first-order valence-electron chi connectivity index (χ1n) is 24.0. The molecule has 0 aromatic heterocycles. The smallest absolute Gasteiger partial charge is 0.330 e. The van der Waals surface area contributed by atoms with E-state index < -0.39 is 24.1 Å². The van der Waals surface area contributed by atoms with E-state index in [0.717, 1.165) is 84.1 Å². The highest BCUT2D eigenvalue weighted by atomic mass is 16.6. The molecule has 2 unspecified atom stereocenters. The lowest BCUT2D eigenvalue weighted by atomic mass is 10.0. The predicted molar refractivity (Wildman–Crippen MR) is 258 cm³/mol.